The van der Waals surface area contributed by atoms with Crippen molar-refractivity contribution in [2.75, 3.05) is 5.32 Å². The summed E-state index contributed by atoms with van der Waals surface area (Å²) in [6.45, 7) is 1.90. The number of oxazole rings is 1. The fraction of sp³-hybridized carbons (Fsp3) is 0.0588. The minimum Gasteiger partial charge on any atom is -0.437 e. The quantitative estimate of drug-likeness (QED) is 0.727. The van der Waals surface area contributed by atoms with Gasteiger partial charge in [0.1, 0.15) is 5.52 Å². The van der Waals surface area contributed by atoms with Crippen LogP contribution in [0, 0.1) is 6.92 Å². The van der Waals surface area contributed by atoms with Gasteiger partial charge in [0, 0.05) is 22.9 Å². The summed E-state index contributed by atoms with van der Waals surface area (Å²) in [4.78, 5) is 16.1. The predicted molar refractivity (Wildman–Crippen MR) is 87.9 cm³/mol. The molecular weight excluding hydrogens is 300 g/mol. The summed E-state index contributed by atoms with van der Waals surface area (Å²) in [7, 11) is 0. The second kappa shape index (κ2) is 6.03. The molecule has 4 nitrogen and oxygen atoms in total. The van der Waals surface area contributed by atoms with Crippen molar-refractivity contribution in [2.45, 2.75) is 6.92 Å². The Bertz CT molecular complexity index is 835. The molecule has 0 fully saturated rings. The molecule has 22 heavy (non-hydrogen) atoms. The molecule has 0 aliphatic rings. The number of rotatable bonds is 3. The van der Waals surface area contributed by atoms with E-state index in [1.807, 2.05) is 37.3 Å². The highest BCUT2D eigenvalue weighted by Gasteiger charge is 2.04. The van der Waals surface area contributed by atoms with Crippen LogP contribution in [0.4, 0.5) is 5.69 Å². The summed E-state index contributed by atoms with van der Waals surface area (Å²) in [5.74, 6) is 0.112. The molecule has 0 atom stereocenters. The largest absolute Gasteiger partial charge is 0.437 e. The van der Waals surface area contributed by atoms with Crippen LogP contribution in [0.15, 0.2) is 53.0 Å². The van der Waals surface area contributed by atoms with Crippen molar-refractivity contribution < 1.29 is 9.21 Å². The topological polar surface area (TPSA) is 55.1 Å². The Morgan fingerprint density at radius 1 is 1.27 bits per heavy atom. The van der Waals surface area contributed by atoms with Crippen molar-refractivity contribution in [3.63, 3.8) is 0 Å². The molecule has 0 aliphatic heterocycles. The Balaban J connectivity index is 1.71. The second-order valence-corrected chi connectivity index (χ2v) is 5.21. The third-order valence-electron chi connectivity index (χ3n) is 3.13. The molecule has 0 spiro atoms. The minimum absolute atomic E-state index is 0.276. The van der Waals surface area contributed by atoms with Gasteiger partial charge >= 0.3 is 0 Å². The van der Waals surface area contributed by atoms with Crippen molar-refractivity contribution in [3.8, 4) is 0 Å². The number of nitrogens with zero attached hydrogens (tertiary/aromatic N) is 1. The van der Waals surface area contributed by atoms with E-state index in [9.17, 15) is 4.79 Å². The number of para-hydroxylation sites is 2. The number of hydrogen-bond acceptors (Lipinski definition) is 3. The number of carbonyl (C=O) groups excluding carboxylic acids is 1. The Morgan fingerprint density at radius 2 is 2.09 bits per heavy atom. The zero-order valence-electron chi connectivity index (χ0n) is 11.8. The van der Waals surface area contributed by atoms with Gasteiger partial charge in [0.05, 0.1) is 0 Å². The fourth-order valence-electron chi connectivity index (χ4n) is 1.96. The van der Waals surface area contributed by atoms with E-state index in [0.717, 1.165) is 11.1 Å². The van der Waals surface area contributed by atoms with Crippen LogP contribution < -0.4 is 5.32 Å². The van der Waals surface area contributed by atoms with Gasteiger partial charge in [0.25, 0.3) is 0 Å². The number of anilines is 1. The number of nitrogens with one attached hydrogen (secondary N) is 1. The summed E-state index contributed by atoms with van der Waals surface area (Å²) in [5, 5.41) is 3.35. The monoisotopic (exact) mass is 312 g/mol. The Kier molecular flexibility index (Phi) is 3.94. The van der Waals surface area contributed by atoms with Crippen LogP contribution in [0.1, 0.15) is 11.5 Å². The van der Waals surface area contributed by atoms with Gasteiger partial charge in [-0.15, -0.1) is 0 Å². The maximum Gasteiger partial charge on any atom is 0.248 e. The number of fused-ring (bicyclic) bond motifs is 1. The van der Waals surface area contributed by atoms with Crippen molar-refractivity contribution in [1.82, 2.24) is 4.98 Å². The van der Waals surface area contributed by atoms with Crippen LogP contribution in [0.2, 0.25) is 5.02 Å². The molecule has 1 heterocycles. The lowest BCUT2D eigenvalue weighted by atomic mass is 10.2. The highest BCUT2D eigenvalue weighted by Crippen LogP contribution is 2.20. The molecule has 0 saturated carbocycles. The molecule has 1 aromatic heterocycles. The van der Waals surface area contributed by atoms with E-state index < -0.39 is 0 Å². The lowest BCUT2D eigenvalue weighted by molar-refractivity contribution is -0.111. The molecule has 3 aromatic rings. The number of halogens is 1. The predicted octanol–water partition coefficient (Wildman–Crippen LogP) is 4.44. The second-order valence-electron chi connectivity index (χ2n) is 4.81. The number of carbonyl (C=O) groups is 1. The molecule has 1 N–H and O–H groups in total. The number of aromatic nitrogens is 1. The zero-order chi connectivity index (χ0) is 15.5. The summed E-state index contributed by atoms with van der Waals surface area (Å²) in [6.07, 6.45) is 2.91. The van der Waals surface area contributed by atoms with E-state index in [2.05, 4.69) is 10.3 Å². The molecule has 3 rings (SSSR count). The number of amides is 1. The van der Waals surface area contributed by atoms with Crippen LogP contribution in [0.3, 0.4) is 0 Å². The summed E-state index contributed by atoms with van der Waals surface area (Å²) < 4.78 is 5.50. The maximum absolute atomic E-state index is 11.9. The van der Waals surface area contributed by atoms with Gasteiger partial charge in [-0.2, -0.15) is 0 Å². The summed E-state index contributed by atoms with van der Waals surface area (Å²) in [5.41, 5.74) is 3.05. The molecule has 0 radical (unpaired) electrons. The standard InChI is InChI=1S/C17H13ClN2O2/c1-11-6-7-12(10-13(11)18)19-16(21)8-9-17-20-14-4-2-3-5-15(14)22-17/h2-10H,1H3,(H,19,21)/b9-8+. The van der Waals surface area contributed by atoms with E-state index in [1.165, 1.54) is 12.2 Å². The smallest absolute Gasteiger partial charge is 0.248 e. The Morgan fingerprint density at radius 3 is 2.86 bits per heavy atom. The van der Waals surface area contributed by atoms with Crippen LogP contribution in [0.5, 0.6) is 0 Å². The van der Waals surface area contributed by atoms with Crippen molar-refractivity contribution in [3.05, 3.63) is 65.0 Å². The molecule has 0 unspecified atom stereocenters. The average Bonchev–Trinajstić information content (AvgIpc) is 2.92. The molecule has 0 saturated heterocycles. The zero-order valence-corrected chi connectivity index (χ0v) is 12.6. The van der Waals surface area contributed by atoms with E-state index in [0.29, 0.717) is 22.2 Å². The minimum atomic E-state index is -0.276. The number of hydrogen-bond donors (Lipinski definition) is 1. The number of benzene rings is 2. The third kappa shape index (κ3) is 3.18. The van der Waals surface area contributed by atoms with Gasteiger partial charge in [-0.05, 0) is 36.8 Å². The van der Waals surface area contributed by atoms with Crippen molar-refractivity contribution in [2.24, 2.45) is 0 Å². The number of aryl methyl sites for hydroxylation is 1. The molecule has 0 bridgehead atoms. The van der Waals surface area contributed by atoms with Gasteiger partial charge in [-0.25, -0.2) is 4.98 Å². The molecular formula is C17H13ClN2O2. The third-order valence-corrected chi connectivity index (χ3v) is 3.53. The van der Waals surface area contributed by atoms with Crippen molar-refractivity contribution >= 4 is 40.4 Å². The lowest BCUT2D eigenvalue weighted by Gasteiger charge is -2.04. The van der Waals surface area contributed by atoms with Crippen LogP contribution in [-0.4, -0.2) is 10.9 Å². The van der Waals surface area contributed by atoms with Gasteiger partial charge in [-0.3, -0.25) is 4.79 Å². The normalized spacial score (nSPS) is 11.2. The van der Waals surface area contributed by atoms with E-state index >= 15 is 0 Å². The molecule has 5 heteroatoms. The molecule has 1 amide bonds. The Hall–Kier alpha value is -2.59. The van der Waals surface area contributed by atoms with Gasteiger partial charge in [0.15, 0.2) is 5.58 Å². The first kappa shape index (κ1) is 14.4. The SMILES string of the molecule is Cc1ccc(NC(=O)/C=C/c2nc3ccccc3o2)cc1Cl. The van der Waals surface area contributed by atoms with Crippen molar-refractivity contribution in [1.29, 1.82) is 0 Å². The first-order valence-corrected chi connectivity index (χ1v) is 7.10. The summed E-state index contributed by atoms with van der Waals surface area (Å²) in [6, 6.07) is 12.8. The maximum atomic E-state index is 11.9. The van der Waals surface area contributed by atoms with Gasteiger partial charge in [0.2, 0.25) is 11.8 Å². The first-order valence-electron chi connectivity index (χ1n) is 6.72. The molecule has 110 valence electrons. The lowest BCUT2D eigenvalue weighted by Crippen LogP contribution is -2.07. The first-order chi connectivity index (χ1) is 10.6. The molecule has 0 aliphatic carbocycles. The van der Waals surface area contributed by atoms with E-state index in [-0.39, 0.29) is 5.91 Å². The molecule has 2 aromatic carbocycles. The highest BCUT2D eigenvalue weighted by molar-refractivity contribution is 6.31. The average molecular weight is 313 g/mol. The van der Waals surface area contributed by atoms with Crippen LogP contribution >= 0.6 is 11.6 Å². The van der Waals surface area contributed by atoms with Gasteiger partial charge in [-0.1, -0.05) is 29.8 Å². The highest BCUT2D eigenvalue weighted by atomic mass is 35.5. The fourth-order valence-corrected chi connectivity index (χ4v) is 2.14. The van der Waals surface area contributed by atoms with E-state index in [4.69, 9.17) is 16.0 Å². The summed E-state index contributed by atoms with van der Waals surface area (Å²) >= 11 is 6.02. The van der Waals surface area contributed by atoms with Crippen LogP contribution in [0.25, 0.3) is 17.2 Å². The Labute approximate surface area is 132 Å². The van der Waals surface area contributed by atoms with Gasteiger partial charge < -0.3 is 9.73 Å². The van der Waals surface area contributed by atoms with E-state index in [1.54, 1.807) is 12.1 Å². The van der Waals surface area contributed by atoms with Crippen LogP contribution in [-0.2, 0) is 4.79 Å².